The number of piperazine rings is 1. The second-order valence-corrected chi connectivity index (χ2v) is 4.19. The Kier molecular flexibility index (Phi) is 2.80. The van der Waals surface area contributed by atoms with Gasteiger partial charge in [0.15, 0.2) is 0 Å². The van der Waals surface area contributed by atoms with E-state index in [0.717, 1.165) is 6.42 Å². The Morgan fingerprint density at radius 2 is 2.12 bits per heavy atom. The van der Waals surface area contributed by atoms with Crippen LogP contribution in [0.3, 0.4) is 0 Å². The highest BCUT2D eigenvalue weighted by atomic mass is 16.4. The van der Waals surface area contributed by atoms with Crippen LogP contribution >= 0.6 is 0 Å². The molecule has 1 unspecified atom stereocenters. The molecule has 16 heavy (non-hydrogen) atoms. The number of carbonyl (C=O) groups excluding carboxylic acids is 2. The number of amides is 2. The van der Waals surface area contributed by atoms with Crippen molar-refractivity contribution >= 4 is 17.8 Å². The van der Waals surface area contributed by atoms with Crippen LogP contribution in [0, 0.1) is 0 Å². The first-order valence-electron chi connectivity index (χ1n) is 5.37. The van der Waals surface area contributed by atoms with Crippen molar-refractivity contribution in [1.82, 2.24) is 9.80 Å². The Balaban J connectivity index is 1.94. The predicted octanol–water partition coefficient (Wildman–Crippen LogP) is -0.706. The van der Waals surface area contributed by atoms with E-state index < -0.39 is 12.4 Å². The normalized spacial score (nSPS) is 24.5. The van der Waals surface area contributed by atoms with E-state index >= 15 is 0 Å². The van der Waals surface area contributed by atoms with Gasteiger partial charge in [0.05, 0.1) is 0 Å². The smallest absolute Gasteiger partial charge is 0.312 e. The highest BCUT2D eigenvalue weighted by Crippen LogP contribution is 2.22. The molecule has 6 heteroatoms. The van der Waals surface area contributed by atoms with Crippen LogP contribution in [0.15, 0.2) is 0 Å². The van der Waals surface area contributed by atoms with Crippen molar-refractivity contribution in [3.05, 3.63) is 0 Å². The number of carboxylic acids is 1. The van der Waals surface area contributed by atoms with Crippen molar-refractivity contribution in [2.75, 3.05) is 19.6 Å². The molecule has 0 spiro atoms. The molecule has 0 radical (unpaired) electrons. The lowest BCUT2D eigenvalue weighted by Gasteiger charge is -2.37. The van der Waals surface area contributed by atoms with Gasteiger partial charge in [-0.25, -0.2) is 0 Å². The molecule has 1 atom stereocenters. The highest BCUT2D eigenvalue weighted by molar-refractivity contribution is 5.93. The van der Waals surface area contributed by atoms with Crippen LogP contribution in [0.1, 0.15) is 19.3 Å². The van der Waals surface area contributed by atoms with Crippen molar-refractivity contribution < 1.29 is 19.5 Å². The minimum absolute atomic E-state index is 0.0963. The van der Waals surface area contributed by atoms with E-state index in [-0.39, 0.29) is 17.9 Å². The van der Waals surface area contributed by atoms with Crippen molar-refractivity contribution in [3.63, 3.8) is 0 Å². The van der Waals surface area contributed by atoms with E-state index in [9.17, 15) is 14.4 Å². The van der Waals surface area contributed by atoms with Gasteiger partial charge in [-0.3, -0.25) is 14.4 Å². The third-order valence-electron chi connectivity index (χ3n) is 3.15. The van der Waals surface area contributed by atoms with Crippen LogP contribution in [0.4, 0.5) is 0 Å². The molecule has 2 fully saturated rings. The fraction of sp³-hybridized carbons (Fsp3) is 0.700. The van der Waals surface area contributed by atoms with Gasteiger partial charge in [-0.2, -0.15) is 0 Å². The van der Waals surface area contributed by atoms with Crippen LogP contribution in [0.25, 0.3) is 0 Å². The maximum atomic E-state index is 11.5. The quantitative estimate of drug-likeness (QED) is 0.631. The standard InChI is InChI=1S/C10H14N2O4/c13-8-2-1-7-6-11(3-4-12(7)8)9(14)5-10(15)16/h7H,1-6H2,(H,15,16). The summed E-state index contributed by atoms with van der Waals surface area (Å²) in [6, 6.07) is 0.0963. The molecule has 0 aromatic heterocycles. The number of fused-ring (bicyclic) bond motifs is 1. The summed E-state index contributed by atoms with van der Waals surface area (Å²) in [6.07, 6.45) is 0.863. The zero-order valence-corrected chi connectivity index (χ0v) is 8.89. The van der Waals surface area contributed by atoms with Gasteiger partial charge >= 0.3 is 5.97 Å². The van der Waals surface area contributed by atoms with Crippen LogP contribution < -0.4 is 0 Å². The zero-order chi connectivity index (χ0) is 11.7. The number of carboxylic acid groups (broad SMARTS) is 1. The Hall–Kier alpha value is -1.59. The lowest BCUT2D eigenvalue weighted by Crippen LogP contribution is -2.53. The zero-order valence-electron chi connectivity index (χ0n) is 8.89. The molecule has 0 saturated carbocycles. The number of aliphatic carboxylic acids is 1. The van der Waals surface area contributed by atoms with E-state index in [1.54, 1.807) is 9.80 Å². The maximum absolute atomic E-state index is 11.5. The first-order valence-corrected chi connectivity index (χ1v) is 5.37. The third-order valence-corrected chi connectivity index (χ3v) is 3.15. The molecule has 2 heterocycles. The summed E-state index contributed by atoms with van der Waals surface area (Å²) >= 11 is 0. The lowest BCUT2D eigenvalue weighted by atomic mass is 10.1. The Morgan fingerprint density at radius 3 is 2.81 bits per heavy atom. The van der Waals surface area contributed by atoms with E-state index in [1.807, 2.05) is 0 Å². The highest BCUT2D eigenvalue weighted by Gasteiger charge is 2.36. The predicted molar refractivity (Wildman–Crippen MR) is 53.6 cm³/mol. The fourth-order valence-electron chi connectivity index (χ4n) is 2.33. The monoisotopic (exact) mass is 226 g/mol. The summed E-state index contributed by atoms with van der Waals surface area (Å²) in [7, 11) is 0. The summed E-state index contributed by atoms with van der Waals surface area (Å²) in [5.41, 5.74) is 0. The van der Waals surface area contributed by atoms with Gasteiger partial charge in [0.25, 0.3) is 0 Å². The average Bonchev–Trinajstić information content (AvgIpc) is 2.59. The van der Waals surface area contributed by atoms with Crippen molar-refractivity contribution in [2.24, 2.45) is 0 Å². The molecule has 0 bridgehead atoms. The van der Waals surface area contributed by atoms with Crippen LogP contribution in [-0.4, -0.2) is 58.4 Å². The molecule has 0 aromatic carbocycles. The molecule has 0 aromatic rings. The third kappa shape index (κ3) is 2.00. The number of nitrogens with zero attached hydrogens (tertiary/aromatic N) is 2. The molecule has 88 valence electrons. The SMILES string of the molecule is O=C(O)CC(=O)N1CCN2C(=O)CCC2C1. The molecule has 2 rings (SSSR count). The van der Waals surface area contributed by atoms with Crippen LogP contribution in [0.5, 0.6) is 0 Å². The Labute approximate surface area is 92.8 Å². The molecule has 6 nitrogen and oxygen atoms in total. The van der Waals surface area contributed by atoms with Gasteiger partial charge in [0.1, 0.15) is 6.42 Å². The van der Waals surface area contributed by atoms with Crippen LogP contribution in [-0.2, 0) is 14.4 Å². The van der Waals surface area contributed by atoms with E-state index in [2.05, 4.69) is 0 Å². The largest absolute Gasteiger partial charge is 0.481 e. The van der Waals surface area contributed by atoms with E-state index in [0.29, 0.717) is 26.1 Å². The molecule has 2 aliphatic rings. The summed E-state index contributed by atoms with van der Waals surface area (Å²) in [4.78, 5) is 36.7. The Morgan fingerprint density at radius 1 is 1.38 bits per heavy atom. The minimum Gasteiger partial charge on any atom is -0.481 e. The van der Waals surface area contributed by atoms with Crippen molar-refractivity contribution in [2.45, 2.75) is 25.3 Å². The summed E-state index contributed by atoms with van der Waals surface area (Å²) in [5.74, 6) is -1.31. The molecule has 2 aliphatic heterocycles. The maximum Gasteiger partial charge on any atom is 0.312 e. The van der Waals surface area contributed by atoms with Crippen LogP contribution in [0.2, 0.25) is 0 Å². The lowest BCUT2D eigenvalue weighted by molar-refractivity contribution is -0.147. The van der Waals surface area contributed by atoms with E-state index in [4.69, 9.17) is 5.11 Å². The summed E-state index contributed by atoms with van der Waals surface area (Å²) in [6.45, 7) is 1.47. The fourth-order valence-corrected chi connectivity index (χ4v) is 2.33. The summed E-state index contributed by atoms with van der Waals surface area (Å²) in [5, 5.41) is 8.53. The van der Waals surface area contributed by atoms with Gasteiger partial charge in [-0.1, -0.05) is 0 Å². The molecule has 2 amide bonds. The summed E-state index contributed by atoms with van der Waals surface area (Å²) < 4.78 is 0. The molecular formula is C10H14N2O4. The average molecular weight is 226 g/mol. The van der Waals surface area contributed by atoms with Crippen molar-refractivity contribution in [3.8, 4) is 0 Å². The first kappa shape index (κ1) is 10.9. The number of rotatable bonds is 2. The molecule has 1 N–H and O–H groups in total. The van der Waals surface area contributed by atoms with E-state index in [1.165, 1.54) is 0 Å². The van der Waals surface area contributed by atoms with Gasteiger partial charge in [-0.05, 0) is 6.42 Å². The van der Waals surface area contributed by atoms with Gasteiger partial charge in [0, 0.05) is 32.1 Å². The topological polar surface area (TPSA) is 77.9 Å². The number of hydrogen-bond donors (Lipinski definition) is 1. The second kappa shape index (κ2) is 4.11. The molecular weight excluding hydrogens is 212 g/mol. The second-order valence-electron chi connectivity index (χ2n) is 4.19. The van der Waals surface area contributed by atoms with Gasteiger partial charge < -0.3 is 14.9 Å². The molecule has 0 aliphatic carbocycles. The van der Waals surface area contributed by atoms with Crippen molar-refractivity contribution in [1.29, 1.82) is 0 Å². The van der Waals surface area contributed by atoms with Gasteiger partial charge in [0.2, 0.25) is 11.8 Å². The number of carbonyl (C=O) groups is 3. The first-order chi connectivity index (χ1) is 7.58. The Bertz CT molecular complexity index is 342. The minimum atomic E-state index is -1.10. The molecule has 2 saturated heterocycles. The number of hydrogen-bond acceptors (Lipinski definition) is 3. The van der Waals surface area contributed by atoms with Gasteiger partial charge in [-0.15, -0.1) is 0 Å².